The van der Waals surface area contributed by atoms with Crippen LogP contribution in [0.25, 0.3) is 0 Å². The summed E-state index contributed by atoms with van der Waals surface area (Å²) in [5.74, 6) is -2.10. The number of carboxylic acid groups (broad SMARTS) is 1. The van der Waals surface area contributed by atoms with Crippen LogP contribution in [-0.4, -0.2) is 63.2 Å². The molecular formula is C27H32BrN3O7. The summed E-state index contributed by atoms with van der Waals surface area (Å²) in [6.07, 6.45) is 0.497. The molecule has 1 aliphatic rings. The average Bonchev–Trinajstić information content (AvgIpc) is 3.38. The van der Waals surface area contributed by atoms with Crippen LogP contribution in [0.1, 0.15) is 37.8 Å². The third-order valence-corrected chi connectivity index (χ3v) is 5.65. The lowest BCUT2D eigenvalue weighted by Gasteiger charge is -2.29. The van der Waals surface area contributed by atoms with Crippen molar-refractivity contribution in [2.75, 3.05) is 6.54 Å². The van der Waals surface area contributed by atoms with Crippen molar-refractivity contribution in [2.24, 2.45) is 0 Å². The van der Waals surface area contributed by atoms with Gasteiger partial charge in [0, 0.05) is 19.9 Å². The summed E-state index contributed by atoms with van der Waals surface area (Å²) in [6, 6.07) is 15.6. The van der Waals surface area contributed by atoms with Crippen molar-refractivity contribution in [1.29, 1.82) is 0 Å². The number of aliphatic carboxylic acids is 1. The third-order valence-electron chi connectivity index (χ3n) is 5.65. The van der Waals surface area contributed by atoms with E-state index in [0.717, 1.165) is 11.1 Å². The predicted molar refractivity (Wildman–Crippen MR) is 143 cm³/mol. The standard InChI is InChI=1S/C25H29N3O6.C2H3BrO/c1-17(24(31)32)26-22(29)21-13-8-14-28(21)23(30)20(15-18-9-4-2-5-10-18)27-25(33)34-16-19-11-6-3-7-12-19;1-2(3)4/h2-7,9-12,17,20-21H,8,13-16H2,1H3,(H,26,29)(H,27,33)(H,31,32);1H3/t17-,20+,21-;/m0./s1. The highest BCUT2D eigenvalue weighted by Gasteiger charge is 2.38. The van der Waals surface area contributed by atoms with E-state index >= 15 is 0 Å². The minimum Gasteiger partial charge on any atom is -0.480 e. The number of halogens is 1. The minimum atomic E-state index is -1.16. The lowest BCUT2D eigenvalue weighted by atomic mass is 10.0. The van der Waals surface area contributed by atoms with Crippen molar-refractivity contribution in [3.63, 3.8) is 0 Å². The Morgan fingerprint density at radius 3 is 2.11 bits per heavy atom. The molecule has 1 fully saturated rings. The van der Waals surface area contributed by atoms with E-state index in [1.807, 2.05) is 60.7 Å². The monoisotopic (exact) mass is 589 g/mol. The Morgan fingerprint density at radius 2 is 1.55 bits per heavy atom. The zero-order valence-corrected chi connectivity index (χ0v) is 22.8. The summed E-state index contributed by atoms with van der Waals surface area (Å²) >= 11 is 2.63. The van der Waals surface area contributed by atoms with Crippen molar-refractivity contribution in [3.8, 4) is 0 Å². The fourth-order valence-corrected chi connectivity index (χ4v) is 3.83. The Bertz CT molecular complexity index is 1090. The van der Waals surface area contributed by atoms with E-state index in [4.69, 9.17) is 9.84 Å². The number of carbonyl (C=O) groups is 5. The molecule has 0 unspecified atom stereocenters. The molecular weight excluding hydrogens is 558 g/mol. The van der Waals surface area contributed by atoms with Gasteiger partial charge < -0.3 is 25.4 Å². The minimum absolute atomic E-state index is 0.0208. The van der Waals surface area contributed by atoms with Crippen LogP contribution in [0.2, 0.25) is 0 Å². The molecule has 0 radical (unpaired) electrons. The highest BCUT2D eigenvalue weighted by molar-refractivity contribution is 9.18. The quantitative estimate of drug-likeness (QED) is 0.381. The van der Waals surface area contributed by atoms with Crippen LogP contribution in [0, 0.1) is 0 Å². The smallest absolute Gasteiger partial charge is 0.408 e. The third kappa shape index (κ3) is 10.3. The number of benzene rings is 2. The van der Waals surface area contributed by atoms with Gasteiger partial charge >= 0.3 is 12.1 Å². The molecule has 3 N–H and O–H groups in total. The molecule has 0 saturated carbocycles. The molecule has 204 valence electrons. The van der Waals surface area contributed by atoms with Crippen molar-refractivity contribution < 1.29 is 33.8 Å². The number of alkyl carbamates (subject to hydrolysis) is 1. The summed E-state index contributed by atoms with van der Waals surface area (Å²) in [5, 5.41) is 14.2. The van der Waals surface area contributed by atoms with Gasteiger partial charge in [0.1, 0.15) is 24.7 Å². The van der Waals surface area contributed by atoms with Crippen molar-refractivity contribution in [1.82, 2.24) is 15.5 Å². The number of hydrogen-bond acceptors (Lipinski definition) is 6. The second-order valence-corrected chi connectivity index (χ2v) is 9.79. The Hall–Kier alpha value is -3.73. The van der Waals surface area contributed by atoms with Gasteiger partial charge in [0.05, 0.1) is 0 Å². The summed E-state index contributed by atoms with van der Waals surface area (Å²) in [7, 11) is 0. The topological polar surface area (TPSA) is 142 Å². The number of nitrogens with zero attached hydrogens (tertiary/aromatic N) is 1. The zero-order chi connectivity index (χ0) is 28.1. The van der Waals surface area contributed by atoms with Crippen LogP contribution in [-0.2, 0) is 36.9 Å². The highest BCUT2D eigenvalue weighted by Crippen LogP contribution is 2.20. The van der Waals surface area contributed by atoms with E-state index in [1.165, 1.54) is 18.7 Å². The number of carboxylic acids is 1. The molecule has 1 saturated heterocycles. The fourth-order valence-electron chi connectivity index (χ4n) is 3.83. The van der Waals surface area contributed by atoms with E-state index in [-0.39, 0.29) is 17.7 Å². The van der Waals surface area contributed by atoms with Crippen LogP contribution in [0.15, 0.2) is 60.7 Å². The van der Waals surface area contributed by atoms with E-state index in [1.54, 1.807) is 0 Å². The zero-order valence-electron chi connectivity index (χ0n) is 21.3. The summed E-state index contributed by atoms with van der Waals surface area (Å²) in [6.45, 7) is 3.20. The second kappa shape index (κ2) is 15.5. The molecule has 1 aliphatic heterocycles. The maximum Gasteiger partial charge on any atom is 0.408 e. The van der Waals surface area contributed by atoms with Crippen molar-refractivity contribution in [2.45, 2.75) is 57.8 Å². The molecule has 11 heteroatoms. The van der Waals surface area contributed by atoms with Gasteiger partial charge in [-0.1, -0.05) is 60.7 Å². The van der Waals surface area contributed by atoms with Gasteiger partial charge in [-0.25, -0.2) is 4.79 Å². The second-order valence-electron chi connectivity index (χ2n) is 8.68. The molecule has 3 rings (SSSR count). The molecule has 10 nitrogen and oxygen atoms in total. The van der Waals surface area contributed by atoms with Gasteiger partial charge in [-0.15, -0.1) is 0 Å². The summed E-state index contributed by atoms with van der Waals surface area (Å²) in [5.41, 5.74) is 1.65. The predicted octanol–water partition coefficient (Wildman–Crippen LogP) is 3.03. The summed E-state index contributed by atoms with van der Waals surface area (Å²) < 4.78 is 5.28. The van der Waals surface area contributed by atoms with Gasteiger partial charge in [0.15, 0.2) is 4.69 Å². The first kappa shape index (κ1) is 30.5. The largest absolute Gasteiger partial charge is 0.480 e. The molecule has 0 aliphatic carbocycles. The SMILES string of the molecule is CC(=O)Br.C[C@H](NC(=O)[C@@H]1CCCN1C(=O)[C@@H](Cc1ccccc1)NC(=O)OCc1ccccc1)C(=O)O. The average molecular weight is 590 g/mol. The van der Waals surface area contributed by atoms with Gasteiger partial charge in [0.25, 0.3) is 0 Å². The van der Waals surface area contributed by atoms with Crippen molar-refractivity contribution in [3.05, 3.63) is 71.8 Å². The Labute approximate surface area is 229 Å². The van der Waals surface area contributed by atoms with Gasteiger partial charge in [-0.3, -0.25) is 19.2 Å². The first-order chi connectivity index (χ1) is 18.1. The molecule has 1 heterocycles. The fraction of sp³-hybridized carbons (Fsp3) is 0.370. The maximum absolute atomic E-state index is 13.5. The first-order valence-corrected chi connectivity index (χ1v) is 12.9. The number of carbonyl (C=O) groups excluding carboxylic acids is 4. The number of amides is 3. The van der Waals surface area contributed by atoms with Gasteiger partial charge in [0.2, 0.25) is 11.8 Å². The van der Waals surface area contributed by atoms with Crippen LogP contribution >= 0.6 is 15.9 Å². The van der Waals surface area contributed by atoms with Crippen LogP contribution in [0.3, 0.4) is 0 Å². The maximum atomic E-state index is 13.5. The molecule has 3 amide bonds. The summed E-state index contributed by atoms with van der Waals surface area (Å²) in [4.78, 5) is 60.5. The normalized spacial score (nSPS) is 15.8. The Balaban J connectivity index is 0.00000118. The molecule has 0 spiro atoms. The van der Waals surface area contributed by atoms with Crippen molar-refractivity contribution >= 4 is 44.5 Å². The lowest BCUT2D eigenvalue weighted by molar-refractivity contribution is -0.143. The number of hydrogen-bond donors (Lipinski definition) is 3. The number of ether oxygens (including phenoxy) is 1. The Morgan fingerprint density at radius 1 is 1.00 bits per heavy atom. The molecule has 3 atom stereocenters. The first-order valence-electron chi connectivity index (χ1n) is 12.1. The molecule has 38 heavy (non-hydrogen) atoms. The highest BCUT2D eigenvalue weighted by atomic mass is 79.9. The van der Waals surface area contributed by atoms with E-state index in [9.17, 15) is 24.0 Å². The van der Waals surface area contributed by atoms with Gasteiger partial charge in [-0.05, 0) is 46.8 Å². The lowest BCUT2D eigenvalue weighted by Crippen LogP contribution is -2.55. The van der Waals surface area contributed by atoms with Crippen LogP contribution in [0.4, 0.5) is 4.79 Å². The number of rotatable bonds is 9. The molecule has 2 aromatic rings. The Kier molecular flexibility index (Phi) is 12.4. The van der Waals surface area contributed by atoms with Gasteiger partial charge in [-0.2, -0.15) is 0 Å². The van der Waals surface area contributed by atoms with Crippen LogP contribution in [0.5, 0.6) is 0 Å². The molecule has 0 aromatic heterocycles. The number of likely N-dealkylation sites (tertiary alicyclic amines) is 1. The van der Waals surface area contributed by atoms with E-state index < -0.39 is 42.0 Å². The molecule has 0 bridgehead atoms. The van der Waals surface area contributed by atoms with Crippen LogP contribution < -0.4 is 10.6 Å². The van der Waals surface area contributed by atoms with E-state index in [0.29, 0.717) is 19.4 Å². The molecule has 2 aromatic carbocycles. The number of nitrogens with one attached hydrogen (secondary N) is 2. The van der Waals surface area contributed by atoms with E-state index in [2.05, 4.69) is 26.6 Å².